The fourth-order valence-electron chi connectivity index (χ4n) is 3.13. The van der Waals surface area contributed by atoms with E-state index in [-0.39, 0.29) is 35.7 Å². The van der Waals surface area contributed by atoms with Crippen LogP contribution in [0.3, 0.4) is 0 Å². The Labute approximate surface area is 196 Å². The molecule has 0 bridgehead atoms. The van der Waals surface area contributed by atoms with Gasteiger partial charge in [-0.2, -0.15) is 0 Å². The van der Waals surface area contributed by atoms with E-state index >= 15 is 0 Å². The van der Waals surface area contributed by atoms with E-state index in [0.717, 1.165) is 5.56 Å². The van der Waals surface area contributed by atoms with Gasteiger partial charge in [-0.25, -0.2) is 0 Å². The van der Waals surface area contributed by atoms with Crippen LogP contribution in [0.4, 0.5) is 5.69 Å². The van der Waals surface area contributed by atoms with Crippen molar-refractivity contribution >= 4 is 23.4 Å². The number of carbonyl (C=O) groups is 3. The predicted octanol–water partition coefficient (Wildman–Crippen LogP) is 3.89. The number of nitrogens with one attached hydrogen (secondary N) is 3. The minimum absolute atomic E-state index is 0.00211. The molecule has 0 aliphatic heterocycles. The van der Waals surface area contributed by atoms with Gasteiger partial charge in [-0.15, -0.1) is 0 Å². The Morgan fingerprint density at radius 3 is 2.06 bits per heavy atom. The number of amides is 3. The summed E-state index contributed by atoms with van der Waals surface area (Å²) in [6.07, 6.45) is 0. The number of likely N-dealkylation sites (N-methyl/N-ethyl adjacent to an activating group) is 1. The van der Waals surface area contributed by atoms with Gasteiger partial charge >= 0.3 is 0 Å². The third-order valence-corrected chi connectivity index (χ3v) is 5.11. The number of hydrogen-bond acceptors (Lipinski definition) is 4. The van der Waals surface area contributed by atoms with E-state index in [1.165, 1.54) is 0 Å². The van der Waals surface area contributed by atoms with Crippen LogP contribution in [0.25, 0.3) is 0 Å². The monoisotopic (exact) mass is 453 g/mol. The molecule has 0 fully saturated rings. The van der Waals surface area contributed by atoms with Gasteiger partial charge in [0.2, 0.25) is 5.91 Å². The van der Waals surface area contributed by atoms with Crippen molar-refractivity contribution < 1.29 is 19.1 Å². The number of ether oxygens (including phenoxy) is 1. The van der Waals surface area contributed by atoms with E-state index < -0.39 is 6.04 Å². The summed E-state index contributed by atoms with van der Waals surface area (Å²) in [5.41, 5.74) is 2.21. The van der Waals surface area contributed by atoms with Crippen molar-refractivity contribution in [3.63, 3.8) is 0 Å². The fourth-order valence-corrected chi connectivity index (χ4v) is 3.13. The molecule has 0 aromatic heterocycles. The number of carbonyl (C=O) groups excluding carboxylic acids is 3. The topological polar surface area (TPSA) is 96.5 Å². The number of rotatable bonds is 9. The molecule has 1 atom stereocenters. The number of hydrogen-bond donors (Lipinski definition) is 3. The highest BCUT2D eigenvalue weighted by atomic mass is 16.5. The Morgan fingerprint density at radius 1 is 0.939 bits per heavy atom. The quantitative estimate of drug-likeness (QED) is 0.537. The van der Waals surface area contributed by atoms with Gasteiger partial charge in [0.05, 0.1) is 0 Å². The van der Waals surface area contributed by atoms with Gasteiger partial charge in [0.15, 0.2) is 6.61 Å². The number of benzene rings is 2. The normalized spacial score (nSPS) is 12.1. The molecule has 0 aliphatic rings. The van der Waals surface area contributed by atoms with Crippen molar-refractivity contribution in [2.45, 2.75) is 53.0 Å². The molecule has 0 radical (unpaired) electrons. The van der Waals surface area contributed by atoms with E-state index in [2.05, 4.69) is 36.7 Å². The lowest BCUT2D eigenvalue weighted by atomic mass is 9.86. The summed E-state index contributed by atoms with van der Waals surface area (Å²) in [6, 6.07) is 13.5. The molecular weight excluding hydrogens is 418 g/mol. The molecule has 7 nitrogen and oxygen atoms in total. The zero-order valence-electron chi connectivity index (χ0n) is 20.3. The minimum Gasteiger partial charge on any atom is -0.484 e. The molecule has 0 spiro atoms. The molecule has 0 heterocycles. The molecule has 0 saturated heterocycles. The highest BCUT2D eigenvalue weighted by Gasteiger charge is 2.25. The van der Waals surface area contributed by atoms with Crippen molar-refractivity contribution in [1.29, 1.82) is 0 Å². The maximum Gasteiger partial charge on any atom is 0.257 e. The van der Waals surface area contributed by atoms with Crippen LogP contribution in [0.2, 0.25) is 0 Å². The van der Waals surface area contributed by atoms with Crippen molar-refractivity contribution in [1.82, 2.24) is 10.6 Å². The van der Waals surface area contributed by atoms with E-state index in [1.54, 1.807) is 36.4 Å². The third-order valence-electron chi connectivity index (χ3n) is 5.11. The SMILES string of the molecule is CCNC(=O)COc1ccc(NC(=O)C(NC(=O)c2ccc(C(C)(C)C)cc2)C(C)C)cc1. The first-order valence-electron chi connectivity index (χ1n) is 11.2. The van der Waals surface area contributed by atoms with Gasteiger partial charge in [0.1, 0.15) is 11.8 Å². The second-order valence-electron chi connectivity index (χ2n) is 9.28. The lowest BCUT2D eigenvalue weighted by Crippen LogP contribution is -2.47. The Balaban J connectivity index is 1.99. The first-order chi connectivity index (χ1) is 15.5. The van der Waals surface area contributed by atoms with Crippen LogP contribution in [-0.2, 0) is 15.0 Å². The summed E-state index contributed by atoms with van der Waals surface area (Å²) in [4.78, 5) is 37.1. The van der Waals surface area contributed by atoms with Gasteiger partial charge in [-0.05, 0) is 60.2 Å². The molecule has 2 rings (SSSR count). The fraction of sp³-hybridized carbons (Fsp3) is 0.423. The first kappa shape index (κ1) is 25.9. The zero-order valence-corrected chi connectivity index (χ0v) is 20.3. The Hall–Kier alpha value is -3.35. The smallest absolute Gasteiger partial charge is 0.257 e. The van der Waals surface area contributed by atoms with E-state index in [9.17, 15) is 14.4 Å². The summed E-state index contributed by atoms with van der Waals surface area (Å²) in [7, 11) is 0. The highest BCUT2D eigenvalue weighted by molar-refractivity contribution is 6.01. The average molecular weight is 454 g/mol. The maximum atomic E-state index is 12.9. The van der Waals surface area contributed by atoms with Crippen LogP contribution in [0, 0.1) is 5.92 Å². The molecular formula is C26H35N3O4. The molecule has 2 aromatic carbocycles. The van der Waals surface area contributed by atoms with Crippen LogP contribution >= 0.6 is 0 Å². The Morgan fingerprint density at radius 2 is 1.55 bits per heavy atom. The Bertz CT molecular complexity index is 945. The van der Waals surface area contributed by atoms with Crippen LogP contribution in [0.1, 0.15) is 57.5 Å². The van der Waals surface area contributed by atoms with Gasteiger partial charge in [-0.3, -0.25) is 14.4 Å². The van der Waals surface area contributed by atoms with Gasteiger partial charge in [0, 0.05) is 17.8 Å². The summed E-state index contributed by atoms with van der Waals surface area (Å²) in [5.74, 6) is -0.383. The lowest BCUT2D eigenvalue weighted by molar-refractivity contribution is -0.123. The third kappa shape index (κ3) is 7.93. The standard InChI is InChI=1S/C26H35N3O4/c1-7-27-22(30)16-33-21-14-12-20(13-15-21)28-25(32)23(17(2)3)29-24(31)18-8-10-19(11-9-18)26(4,5)6/h8-15,17,23H,7,16H2,1-6H3,(H,27,30)(H,28,32)(H,29,31). The van der Waals surface area contributed by atoms with Crippen LogP contribution in [-0.4, -0.2) is 36.9 Å². The predicted molar refractivity (Wildman–Crippen MR) is 130 cm³/mol. The van der Waals surface area contributed by atoms with Crippen molar-refractivity contribution in [2.24, 2.45) is 5.92 Å². The molecule has 0 saturated carbocycles. The van der Waals surface area contributed by atoms with Crippen LogP contribution < -0.4 is 20.7 Å². The van der Waals surface area contributed by atoms with E-state index in [0.29, 0.717) is 23.5 Å². The molecule has 178 valence electrons. The lowest BCUT2D eigenvalue weighted by Gasteiger charge is -2.22. The van der Waals surface area contributed by atoms with E-state index in [4.69, 9.17) is 4.74 Å². The van der Waals surface area contributed by atoms with E-state index in [1.807, 2.05) is 32.9 Å². The maximum absolute atomic E-state index is 12.9. The summed E-state index contributed by atoms with van der Waals surface area (Å²) in [6.45, 7) is 12.4. The molecule has 0 aliphatic carbocycles. The second kappa shape index (κ2) is 11.5. The number of anilines is 1. The zero-order chi connectivity index (χ0) is 24.6. The molecule has 2 aromatic rings. The van der Waals surface area contributed by atoms with Gasteiger partial charge in [0.25, 0.3) is 11.8 Å². The van der Waals surface area contributed by atoms with Gasteiger partial charge in [-0.1, -0.05) is 46.8 Å². The molecule has 3 N–H and O–H groups in total. The minimum atomic E-state index is -0.701. The second-order valence-corrected chi connectivity index (χ2v) is 9.28. The summed E-state index contributed by atoms with van der Waals surface area (Å²) in [5, 5.41) is 8.34. The summed E-state index contributed by atoms with van der Waals surface area (Å²) < 4.78 is 5.42. The Kier molecular flexibility index (Phi) is 9.02. The molecule has 7 heteroatoms. The highest BCUT2D eigenvalue weighted by Crippen LogP contribution is 2.22. The first-order valence-corrected chi connectivity index (χ1v) is 11.2. The molecule has 1 unspecified atom stereocenters. The van der Waals surface area contributed by atoms with Crippen molar-refractivity contribution in [3.8, 4) is 5.75 Å². The molecule has 3 amide bonds. The van der Waals surface area contributed by atoms with Gasteiger partial charge < -0.3 is 20.7 Å². The van der Waals surface area contributed by atoms with Crippen LogP contribution in [0.5, 0.6) is 5.75 Å². The van der Waals surface area contributed by atoms with Crippen LogP contribution in [0.15, 0.2) is 48.5 Å². The summed E-state index contributed by atoms with van der Waals surface area (Å²) >= 11 is 0. The largest absolute Gasteiger partial charge is 0.484 e. The van der Waals surface area contributed by atoms with Crippen molar-refractivity contribution in [3.05, 3.63) is 59.7 Å². The molecule has 33 heavy (non-hydrogen) atoms. The van der Waals surface area contributed by atoms with Crippen molar-refractivity contribution in [2.75, 3.05) is 18.5 Å². The average Bonchev–Trinajstić information content (AvgIpc) is 2.76.